The Kier molecular flexibility index (Phi) is 6.88. The number of carbonyl (C=O) groups is 2. The van der Waals surface area contributed by atoms with Crippen LogP contribution >= 0.6 is 23.2 Å². The van der Waals surface area contributed by atoms with Gasteiger partial charge in [0, 0.05) is 22.7 Å². The standard InChI is InChI=1S/C29H26Cl2FN5O2/c1-28(2,3)12-22-29(19-10-7-15(30)11-21(19)36-27(29)39)23(18-5-4-6-20(31)24(18)32)25(37-22)26(38)35-17-9-8-16(13-33)34-14-17/h4-11,14,22-23,25,37H,12H2,1-3H3,(H,35,38)(H,36,39). The number of amides is 2. The van der Waals surface area contributed by atoms with Crippen molar-refractivity contribution in [2.45, 2.75) is 50.6 Å². The largest absolute Gasteiger partial charge is 0.325 e. The van der Waals surface area contributed by atoms with Crippen molar-refractivity contribution < 1.29 is 14.0 Å². The Morgan fingerprint density at radius 1 is 1.21 bits per heavy atom. The summed E-state index contributed by atoms with van der Waals surface area (Å²) in [7, 11) is 0. The SMILES string of the molecule is CC(C)(C)CC1NC(C(=O)Nc2ccc(C#N)nc2)C(c2cccc(Cl)c2F)C12C(=O)Nc1cc(Cl)ccc12. The Bertz CT molecular complexity index is 1520. The van der Waals surface area contributed by atoms with Crippen LogP contribution in [0.5, 0.6) is 0 Å². The summed E-state index contributed by atoms with van der Waals surface area (Å²) in [6.45, 7) is 6.13. The monoisotopic (exact) mass is 565 g/mol. The van der Waals surface area contributed by atoms with Crippen molar-refractivity contribution in [3.8, 4) is 6.07 Å². The molecule has 3 aromatic rings. The third-order valence-electron chi connectivity index (χ3n) is 7.37. The molecule has 3 N–H and O–H groups in total. The van der Waals surface area contributed by atoms with Crippen LogP contribution in [-0.2, 0) is 15.0 Å². The molecule has 3 heterocycles. The van der Waals surface area contributed by atoms with Crippen molar-refractivity contribution >= 4 is 46.4 Å². The highest BCUT2D eigenvalue weighted by atomic mass is 35.5. The number of pyridine rings is 1. The van der Waals surface area contributed by atoms with Crippen molar-refractivity contribution in [2.24, 2.45) is 5.41 Å². The molecule has 7 nitrogen and oxygen atoms in total. The first-order valence-corrected chi connectivity index (χ1v) is 13.2. The zero-order valence-electron chi connectivity index (χ0n) is 21.5. The highest BCUT2D eigenvalue weighted by Crippen LogP contribution is 2.57. The number of aromatic nitrogens is 1. The van der Waals surface area contributed by atoms with Crippen molar-refractivity contribution in [3.05, 3.63) is 87.4 Å². The van der Waals surface area contributed by atoms with E-state index in [1.54, 1.807) is 36.4 Å². The molecule has 2 aliphatic rings. The average molecular weight is 566 g/mol. The second-order valence-corrected chi connectivity index (χ2v) is 12.0. The van der Waals surface area contributed by atoms with Gasteiger partial charge in [-0.2, -0.15) is 5.26 Å². The van der Waals surface area contributed by atoms with E-state index >= 15 is 4.39 Å². The molecule has 39 heavy (non-hydrogen) atoms. The molecule has 1 fully saturated rings. The minimum absolute atomic E-state index is 0.105. The highest BCUT2D eigenvalue weighted by Gasteiger charge is 2.66. The Morgan fingerprint density at radius 2 is 1.97 bits per heavy atom. The molecule has 2 aromatic carbocycles. The summed E-state index contributed by atoms with van der Waals surface area (Å²) in [6.07, 6.45) is 1.88. The number of carbonyl (C=O) groups excluding carboxylic acids is 2. The van der Waals surface area contributed by atoms with Gasteiger partial charge in [-0.15, -0.1) is 0 Å². The molecule has 200 valence electrons. The van der Waals surface area contributed by atoms with Crippen LogP contribution in [0.25, 0.3) is 0 Å². The van der Waals surface area contributed by atoms with E-state index in [2.05, 4.69) is 20.9 Å². The third kappa shape index (κ3) is 4.65. The minimum atomic E-state index is -1.34. The number of hydrogen-bond donors (Lipinski definition) is 3. The first kappa shape index (κ1) is 27.1. The van der Waals surface area contributed by atoms with Crippen LogP contribution < -0.4 is 16.0 Å². The summed E-state index contributed by atoms with van der Waals surface area (Å²) >= 11 is 12.5. The first-order chi connectivity index (χ1) is 18.5. The molecule has 2 amide bonds. The van der Waals surface area contributed by atoms with Crippen LogP contribution in [0.15, 0.2) is 54.7 Å². The lowest BCUT2D eigenvalue weighted by Gasteiger charge is -2.37. The highest BCUT2D eigenvalue weighted by molar-refractivity contribution is 6.31. The zero-order valence-corrected chi connectivity index (χ0v) is 23.0. The van der Waals surface area contributed by atoms with Crippen LogP contribution in [0, 0.1) is 22.6 Å². The van der Waals surface area contributed by atoms with Gasteiger partial charge in [0.05, 0.1) is 22.9 Å². The summed E-state index contributed by atoms with van der Waals surface area (Å²) in [5.74, 6) is -2.47. The number of rotatable bonds is 4. The number of fused-ring (bicyclic) bond motifs is 2. The lowest BCUT2D eigenvalue weighted by Crippen LogP contribution is -2.49. The lowest BCUT2D eigenvalue weighted by molar-refractivity contribution is -0.122. The summed E-state index contributed by atoms with van der Waals surface area (Å²) in [4.78, 5) is 32.0. The van der Waals surface area contributed by atoms with Crippen LogP contribution in [0.4, 0.5) is 15.8 Å². The van der Waals surface area contributed by atoms with E-state index in [1.807, 2.05) is 26.8 Å². The second-order valence-electron chi connectivity index (χ2n) is 11.1. The summed E-state index contributed by atoms with van der Waals surface area (Å²) in [6, 6.07) is 13.2. The molecule has 0 bridgehead atoms. The van der Waals surface area contributed by atoms with Gasteiger partial charge in [-0.25, -0.2) is 9.37 Å². The summed E-state index contributed by atoms with van der Waals surface area (Å²) in [5.41, 5.74) is 0.290. The molecule has 1 aromatic heterocycles. The van der Waals surface area contributed by atoms with Crippen LogP contribution in [0.3, 0.4) is 0 Å². The minimum Gasteiger partial charge on any atom is -0.325 e. The fourth-order valence-electron chi connectivity index (χ4n) is 5.91. The molecule has 10 heteroatoms. The predicted octanol–water partition coefficient (Wildman–Crippen LogP) is 5.79. The molecular formula is C29H26Cl2FN5O2. The number of hydrogen-bond acceptors (Lipinski definition) is 5. The Balaban J connectivity index is 1.71. The van der Waals surface area contributed by atoms with Crippen LogP contribution in [-0.4, -0.2) is 28.9 Å². The van der Waals surface area contributed by atoms with Gasteiger partial charge in [-0.05, 0) is 53.3 Å². The normalized spacial score (nSPS) is 23.8. The molecule has 1 saturated heterocycles. The number of nitriles is 1. The molecule has 4 unspecified atom stereocenters. The molecule has 0 radical (unpaired) electrons. The Morgan fingerprint density at radius 3 is 2.64 bits per heavy atom. The number of anilines is 2. The topological polar surface area (TPSA) is 107 Å². The fourth-order valence-corrected chi connectivity index (χ4v) is 6.26. The number of benzene rings is 2. The van der Waals surface area contributed by atoms with Gasteiger partial charge in [0.15, 0.2) is 0 Å². The second kappa shape index (κ2) is 9.91. The molecular weight excluding hydrogens is 540 g/mol. The number of nitrogens with one attached hydrogen (secondary N) is 3. The first-order valence-electron chi connectivity index (χ1n) is 12.4. The van der Waals surface area contributed by atoms with Crippen molar-refractivity contribution in [1.29, 1.82) is 5.26 Å². The van der Waals surface area contributed by atoms with Crippen molar-refractivity contribution in [2.75, 3.05) is 10.6 Å². The van der Waals surface area contributed by atoms with Gasteiger partial charge in [0.2, 0.25) is 11.8 Å². The van der Waals surface area contributed by atoms with Crippen molar-refractivity contribution in [3.63, 3.8) is 0 Å². The quantitative estimate of drug-likeness (QED) is 0.371. The lowest BCUT2D eigenvalue weighted by atomic mass is 9.62. The average Bonchev–Trinajstić information content (AvgIpc) is 3.35. The van der Waals surface area contributed by atoms with E-state index < -0.39 is 35.1 Å². The summed E-state index contributed by atoms with van der Waals surface area (Å²) in [5, 5.41) is 18.6. The smallest absolute Gasteiger partial charge is 0.242 e. The number of nitrogens with zero attached hydrogens (tertiary/aromatic N) is 2. The molecule has 0 aliphatic carbocycles. The van der Waals surface area contributed by atoms with Gasteiger partial charge in [0.25, 0.3) is 0 Å². The van der Waals surface area contributed by atoms with E-state index in [9.17, 15) is 9.59 Å². The Hall–Kier alpha value is -3.51. The van der Waals surface area contributed by atoms with Crippen molar-refractivity contribution in [1.82, 2.24) is 10.3 Å². The summed E-state index contributed by atoms with van der Waals surface area (Å²) < 4.78 is 15.8. The van der Waals surface area contributed by atoms with E-state index in [4.69, 9.17) is 28.5 Å². The van der Waals surface area contributed by atoms with Gasteiger partial charge >= 0.3 is 0 Å². The molecule has 2 aliphatic heterocycles. The molecule has 0 saturated carbocycles. The van der Waals surface area contributed by atoms with Gasteiger partial charge < -0.3 is 16.0 Å². The maximum absolute atomic E-state index is 15.8. The maximum Gasteiger partial charge on any atom is 0.242 e. The van der Waals surface area contributed by atoms with E-state index in [0.717, 1.165) is 0 Å². The van der Waals surface area contributed by atoms with E-state index in [-0.39, 0.29) is 27.6 Å². The van der Waals surface area contributed by atoms with Crippen LogP contribution in [0.2, 0.25) is 10.0 Å². The molecule has 5 rings (SSSR count). The van der Waals surface area contributed by atoms with Gasteiger partial charge in [0.1, 0.15) is 23.0 Å². The third-order valence-corrected chi connectivity index (χ3v) is 7.89. The fraction of sp³-hybridized carbons (Fsp3) is 0.310. The van der Waals surface area contributed by atoms with Crippen LogP contribution in [0.1, 0.15) is 49.9 Å². The molecule has 4 atom stereocenters. The van der Waals surface area contributed by atoms with E-state index in [0.29, 0.717) is 28.4 Å². The van der Waals surface area contributed by atoms with Gasteiger partial charge in [-0.1, -0.05) is 62.2 Å². The maximum atomic E-state index is 15.8. The number of halogens is 3. The van der Waals surface area contributed by atoms with Gasteiger partial charge in [-0.3, -0.25) is 9.59 Å². The Labute approximate surface area is 235 Å². The predicted molar refractivity (Wildman–Crippen MR) is 148 cm³/mol. The molecule has 1 spiro atoms. The van der Waals surface area contributed by atoms with E-state index in [1.165, 1.54) is 18.3 Å². The zero-order chi connectivity index (χ0) is 28.1.